The second kappa shape index (κ2) is 5.02. The summed E-state index contributed by atoms with van der Waals surface area (Å²) in [6.07, 6.45) is 0. The molecule has 1 atom stereocenters. The maximum absolute atomic E-state index is 5.95. The lowest BCUT2D eigenvalue weighted by Crippen LogP contribution is -2.18. The first-order chi connectivity index (χ1) is 8.58. The number of hydrogen-bond donors (Lipinski definition) is 2. The number of benzene rings is 1. The number of aryl methyl sites for hydroxylation is 1. The van der Waals surface area contributed by atoms with Crippen LogP contribution in [0, 0.1) is 12.8 Å². The quantitative estimate of drug-likeness (QED) is 0.870. The first-order valence-electron chi connectivity index (χ1n) is 6.44. The minimum Gasteiger partial charge on any atom is -0.497 e. The number of nitrogens with two attached hydrogens (primary N) is 1. The molecule has 1 aromatic heterocycles. The van der Waals surface area contributed by atoms with Crippen LogP contribution in [0.15, 0.2) is 18.2 Å². The predicted octanol–water partition coefficient (Wildman–Crippen LogP) is 3.18. The number of hydrogen-bond acceptors (Lipinski definition) is 2. The van der Waals surface area contributed by atoms with Gasteiger partial charge in [0.25, 0.3) is 0 Å². The van der Waals surface area contributed by atoms with Gasteiger partial charge in [0.2, 0.25) is 0 Å². The minimum absolute atomic E-state index is 0.380. The van der Waals surface area contributed by atoms with Gasteiger partial charge in [-0.1, -0.05) is 13.8 Å². The number of aromatic amines is 1. The van der Waals surface area contributed by atoms with Crippen LogP contribution in [-0.2, 0) is 0 Å². The summed E-state index contributed by atoms with van der Waals surface area (Å²) < 4.78 is 5.32. The van der Waals surface area contributed by atoms with Crippen molar-refractivity contribution in [1.82, 2.24) is 4.98 Å². The topological polar surface area (TPSA) is 51.0 Å². The Labute approximate surface area is 108 Å². The summed E-state index contributed by atoms with van der Waals surface area (Å²) >= 11 is 0. The van der Waals surface area contributed by atoms with Crippen LogP contribution in [-0.4, -0.2) is 18.6 Å². The number of methoxy groups -OCH3 is 1. The molecule has 0 aliphatic rings. The fraction of sp³-hybridized carbons (Fsp3) is 0.467. The Kier molecular flexibility index (Phi) is 3.62. The van der Waals surface area contributed by atoms with Crippen LogP contribution in [0.1, 0.15) is 31.0 Å². The molecule has 0 spiro atoms. The summed E-state index contributed by atoms with van der Waals surface area (Å²) in [7, 11) is 1.70. The van der Waals surface area contributed by atoms with Crippen molar-refractivity contribution in [2.45, 2.75) is 26.7 Å². The standard InChI is InChI=1S/C15H22N2O/c1-9(2)13(8-16)15-10(3)17-14-6-5-11(18-4)7-12(14)15/h5-7,9,13,17H,8,16H2,1-4H3. The van der Waals surface area contributed by atoms with E-state index in [0.29, 0.717) is 18.4 Å². The largest absolute Gasteiger partial charge is 0.497 e. The molecule has 1 heterocycles. The Morgan fingerprint density at radius 3 is 2.61 bits per heavy atom. The average Bonchev–Trinajstić information content (AvgIpc) is 2.66. The Bertz CT molecular complexity index is 543. The molecule has 98 valence electrons. The predicted molar refractivity (Wildman–Crippen MR) is 76.2 cm³/mol. The van der Waals surface area contributed by atoms with E-state index in [-0.39, 0.29) is 0 Å². The van der Waals surface area contributed by atoms with Crippen LogP contribution in [0.25, 0.3) is 10.9 Å². The van der Waals surface area contributed by atoms with Gasteiger partial charge in [-0.15, -0.1) is 0 Å². The average molecular weight is 246 g/mol. The third-order valence-corrected chi connectivity index (χ3v) is 3.67. The van der Waals surface area contributed by atoms with Gasteiger partial charge in [0.05, 0.1) is 7.11 Å². The van der Waals surface area contributed by atoms with Crippen LogP contribution < -0.4 is 10.5 Å². The van der Waals surface area contributed by atoms with Gasteiger partial charge in [0, 0.05) is 22.5 Å². The number of H-pyrrole nitrogens is 1. The molecule has 2 aromatic rings. The summed E-state index contributed by atoms with van der Waals surface area (Å²) in [6, 6.07) is 6.15. The number of ether oxygens (including phenoxy) is 1. The molecule has 1 aromatic carbocycles. The molecule has 0 fully saturated rings. The van der Waals surface area contributed by atoms with Crippen molar-refractivity contribution in [2.75, 3.05) is 13.7 Å². The van der Waals surface area contributed by atoms with Gasteiger partial charge in [-0.05, 0) is 43.1 Å². The molecule has 0 saturated carbocycles. The molecule has 18 heavy (non-hydrogen) atoms. The highest BCUT2D eigenvalue weighted by molar-refractivity contribution is 5.86. The van der Waals surface area contributed by atoms with Crippen molar-refractivity contribution in [3.05, 3.63) is 29.5 Å². The highest BCUT2D eigenvalue weighted by Gasteiger charge is 2.20. The smallest absolute Gasteiger partial charge is 0.119 e. The van der Waals surface area contributed by atoms with Crippen LogP contribution >= 0.6 is 0 Å². The fourth-order valence-corrected chi connectivity index (χ4v) is 2.65. The van der Waals surface area contributed by atoms with Crippen molar-refractivity contribution in [3.8, 4) is 5.75 Å². The molecule has 0 aliphatic heterocycles. The van der Waals surface area contributed by atoms with E-state index in [0.717, 1.165) is 11.3 Å². The van der Waals surface area contributed by atoms with Gasteiger partial charge in [-0.3, -0.25) is 0 Å². The van der Waals surface area contributed by atoms with Gasteiger partial charge in [-0.25, -0.2) is 0 Å². The molecule has 0 radical (unpaired) electrons. The van der Waals surface area contributed by atoms with Crippen molar-refractivity contribution in [2.24, 2.45) is 11.7 Å². The molecule has 0 bridgehead atoms. The van der Waals surface area contributed by atoms with E-state index in [2.05, 4.69) is 37.9 Å². The normalized spacial score (nSPS) is 13.2. The molecule has 2 rings (SSSR count). The van der Waals surface area contributed by atoms with Crippen molar-refractivity contribution in [3.63, 3.8) is 0 Å². The molecular weight excluding hydrogens is 224 g/mol. The molecule has 3 heteroatoms. The van der Waals surface area contributed by atoms with Gasteiger partial charge < -0.3 is 15.5 Å². The number of aromatic nitrogens is 1. The number of rotatable bonds is 4. The SMILES string of the molecule is COc1ccc2[nH]c(C)c(C(CN)C(C)C)c2c1. The molecule has 0 amide bonds. The molecule has 0 aliphatic carbocycles. The zero-order valence-electron chi connectivity index (χ0n) is 11.6. The van der Waals surface area contributed by atoms with E-state index in [9.17, 15) is 0 Å². The second-order valence-electron chi connectivity index (χ2n) is 5.16. The second-order valence-corrected chi connectivity index (χ2v) is 5.16. The summed E-state index contributed by atoms with van der Waals surface area (Å²) in [5, 5.41) is 1.23. The lowest BCUT2D eigenvalue weighted by atomic mass is 9.87. The first kappa shape index (κ1) is 13.0. The zero-order valence-corrected chi connectivity index (χ0v) is 11.6. The van der Waals surface area contributed by atoms with E-state index >= 15 is 0 Å². The lowest BCUT2D eigenvalue weighted by molar-refractivity contribution is 0.415. The maximum atomic E-state index is 5.95. The van der Waals surface area contributed by atoms with E-state index < -0.39 is 0 Å². The van der Waals surface area contributed by atoms with Crippen molar-refractivity contribution >= 4 is 10.9 Å². The Morgan fingerprint density at radius 2 is 2.06 bits per heavy atom. The van der Waals surface area contributed by atoms with E-state index in [4.69, 9.17) is 10.5 Å². The van der Waals surface area contributed by atoms with Gasteiger partial charge in [0.15, 0.2) is 0 Å². The number of nitrogens with one attached hydrogen (secondary N) is 1. The van der Waals surface area contributed by atoms with Crippen LogP contribution in [0.2, 0.25) is 0 Å². The third-order valence-electron chi connectivity index (χ3n) is 3.67. The summed E-state index contributed by atoms with van der Waals surface area (Å²) in [5.74, 6) is 1.80. The molecule has 0 saturated heterocycles. The Morgan fingerprint density at radius 1 is 1.33 bits per heavy atom. The van der Waals surface area contributed by atoms with Gasteiger partial charge >= 0.3 is 0 Å². The molecule has 3 N–H and O–H groups in total. The third kappa shape index (κ3) is 2.10. The number of fused-ring (bicyclic) bond motifs is 1. The highest BCUT2D eigenvalue weighted by Crippen LogP contribution is 2.34. The summed E-state index contributed by atoms with van der Waals surface area (Å²) in [4.78, 5) is 3.44. The van der Waals surface area contributed by atoms with Gasteiger partial charge in [0.1, 0.15) is 5.75 Å². The zero-order chi connectivity index (χ0) is 13.3. The molecule has 1 unspecified atom stereocenters. The molecular formula is C15H22N2O. The van der Waals surface area contributed by atoms with E-state index in [1.807, 2.05) is 6.07 Å². The van der Waals surface area contributed by atoms with Gasteiger partial charge in [-0.2, -0.15) is 0 Å². The van der Waals surface area contributed by atoms with Crippen LogP contribution in [0.4, 0.5) is 0 Å². The Hall–Kier alpha value is -1.48. The summed E-state index contributed by atoms with van der Waals surface area (Å²) in [6.45, 7) is 7.22. The summed E-state index contributed by atoms with van der Waals surface area (Å²) in [5.41, 5.74) is 9.65. The monoisotopic (exact) mass is 246 g/mol. The van der Waals surface area contributed by atoms with E-state index in [1.54, 1.807) is 7.11 Å². The first-order valence-corrected chi connectivity index (χ1v) is 6.44. The van der Waals surface area contributed by atoms with E-state index in [1.165, 1.54) is 16.6 Å². The minimum atomic E-state index is 0.380. The van der Waals surface area contributed by atoms with Crippen molar-refractivity contribution in [1.29, 1.82) is 0 Å². The molecule has 3 nitrogen and oxygen atoms in total. The fourth-order valence-electron chi connectivity index (χ4n) is 2.65. The van der Waals surface area contributed by atoms with Crippen LogP contribution in [0.5, 0.6) is 5.75 Å². The Balaban J connectivity index is 2.64. The lowest BCUT2D eigenvalue weighted by Gasteiger charge is -2.19. The van der Waals surface area contributed by atoms with Crippen molar-refractivity contribution < 1.29 is 4.74 Å². The highest BCUT2D eigenvalue weighted by atomic mass is 16.5. The maximum Gasteiger partial charge on any atom is 0.119 e. The van der Waals surface area contributed by atoms with Crippen LogP contribution in [0.3, 0.4) is 0 Å².